The highest BCUT2D eigenvalue weighted by molar-refractivity contribution is 5.42. The van der Waals surface area contributed by atoms with Gasteiger partial charge in [-0.2, -0.15) is 0 Å². The van der Waals surface area contributed by atoms with Crippen molar-refractivity contribution in [1.29, 1.82) is 0 Å². The molecule has 0 spiro atoms. The number of halogens is 3. The zero-order chi connectivity index (χ0) is 10.0. The number of alkyl halides is 2. The third kappa shape index (κ3) is 1.76. The van der Waals surface area contributed by atoms with Crippen LogP contribution in [0, 0.1) is 12.7 Å². The van der Waals surface area contributed by atoms with Crippen LogP contribution in [0.5, 0.6) is 5.75 Å². The number of ether oxygens (including phenoxy) is 1. The summed E-state index contributed by atoms with van der Waals surface area (Å²) in [4.78, 5) is 0. The Kier molecular flexibility index (Phi) is 2.80. The molecule has 0 atom stereocenters. The van der Waals surface area contributed by atoms with E-state index < -0.39 is 17.8 Å². The predicted molar refractivity (Wildman–Crippen MR) is 42.6 cm³/mol. The number of hydrogen-bond acceptors (Lipinski definition) is 1. The Morgan fingerprint density at radius 2 is 1.92 bits per heavy atom. The second kappa shape index (κ2) is 3.68. The molecule has 0 amide bonds. The molecular formula is C9H9F3O. The largest absolute Gasteiger partial charge is 0.496 e. The van der Waals surface area contributed by atoms with Gasteiger partial charge in [0.25, 0.3) is 6.43 Å². The van der Waals surface area contributed by atoms with Crippen molar-refractivity contribution in [2.24, 2.45) is 0 Å². The Bertz CT molecular complexity index is 310. The van der Waals surface area contributed by atoms with E-state index in [0.717, 1.165) is 6.07 Å². The third-order valence-corrected chi connectivity index (χ3v) is 1.76. The van der Waals surface area contributed by atoms with E-state index in [-0.39, 0.29) is 5.75 Å². The lowest BCUT2D eigenvalue weighted by atomic mass is 10.1. The van der Waals surface area contributed by atoms with Gasteiger partial charge in [-0.1, -0.05) is 6.07 Å². The predicted octanol–water partition coefficient (Wildman–Crippen LogP) is 3.08. The molecule has 0 N–H and O–H groups in total. The number of methoxy groups -OCH3 is 1. The Hall–Kier alpha value is -1.19. The SMILES string of the molecule is COc1c(C)ccc(F)c1C(F)F. The van der Waals surface area contributed by atoms with Gasteiger partial charge < -0.3 is 4.74 Å². The van der Waals surface area contributed by atoms with Crippen molar-refractivity contribution in [1.82, 2.24) is 0 Å². The Balaban J connectivity index is 3.35. The molecule has 1 rings (SSSR count). The molecule has 1 nitrogen and oxygen atoms in total. The second-order valence-corrected chi connectivity index (χ2v) is 2.61. The van der Waals surface area contributed by atoms with Crippen molar-refractivity contribution in [3.63, 3.8) is 0 Å². The number of benzene rings is 1. The van der Waals surface area contributed by atoms with Gasteiger partial charge in [-0.25, -0.2) is 13.2 Å². The van der Waals surface area contributed by atoms with Gasteiger partial charge in [0, 0.05) is 0 Å². The number of hydrogen-bond donors (Lipinski definition) is 0. The van der Waals surface area contributed by atoms with E-state index in [4.69, 9.17) is 4.74 Å². The smallest absolute Gasteiger partial charge is 0.270 e. The fraction of sp³-hybridized carbons (Fsp3) is 0.333. The summed E-state index contributed by atoms with van der Waals surface area (Å²) < 4.78 is 42.3. The van der Waals surface area contributed by atoms with Crippen molar-refractivity contribution < 1.29 is 17.9 Å². The molecule has 72 valence electrons. The molecule has 0 saturated carbocycles. The van der Waals surface area contributed by atoms with Crippen LogP contribution in [0.2, 0.25) is 0 Å². The fourth-order valence-corrected chi connectivity index (χ4v) is 1.16. The van der Waals surface area contributed by atoms with E-state index >= 15 is 0 Å². The van der Waals surface area contributed by atoms with Crippen LogP contribution < -0.4 is 4.74 Å². The first kappa shape index (κ1) is 9.89. The van der Waals surface area contributed by atoms with Crippen LogP contribution in [0.1, 0.15) is 17.6 Å². The Labute approximate surface area is 74.1 Å². The minimum atomic E-state index is -2.85. The maximum atomic E-state index is 12.9. The van der Waals surface area contributed by atoms with Gasteiger partial charge >= 0.3 is 0 Å². The van der Waals surface area contributed by atoms with E-state index in [9.17, 15) is 13.2 Å². The van der Waals surface area contributed by atoms with Crippen LogP contribution in [0.4, 0.5) is 13.2 Å². The van der Waals surface area contributed by atoms with E-state index in [1.807, 2.05) is 0 Å². The van der Waals surface area contributed by atoms with Crippen molar-refractivity contribution in [2.45, 2.75) is 13.3 Å². The van der Waals surface area contributed by atoms with Gasteiger partial charge in [0.05, 0.1) is 12.7 Å². The van der Waals surface area contributed by atoms with Crippen LogP contribution in [0.25, 0.3) is 0 Å². The van der Waals surface area contributed by atoms with Crippen molar-refractivity contribution in [2.75, 3.05) is 7.11 Å². The minimum absolute atomic E-state index is 0.0741. The molecule has 0 heterocycles. The highest BCUT2D eigenvalue weighted by Crippen LogP contribution is 2.33. The van der Waals surface area contributed by atoms with Crippen LogP contribution >= 0.6 is 0 Å². The summed E-state index contributed by atoms with van der Waals surface area (Å²) in [7, 11) is 1.24. The molecule has 1 aromatic carbocycles. The van der Waals surface area contributed by atoms with E-state index in [1.165, 1.54) is 13.2 Å². The van der Waals surface area contributed by atoms with Crippen LogP contribution in [0.3, 0.4) is 0 Å². The van der Waals surface area contributed by atoms with E-state index in [2.05, 4.69) is 0 Å². The molecule has 0 fully saturated rings. The first-order chi connectivity index (χ1) is 6.07. The lowest BCUT2D eigenvalue weighted by Crippen LogP contribution is -1.98. The van der Waals surface area contributed by atoms with Crippen LogP contribution in [-0.4, -0.2) is 7.11 Å². The number of aryl methyl sites for hydroxylation is 1. The third-order valence-electron chi connectivity index (χ3n) is 1.76. The van der Waals surface area contributed by atoms with Gasteiger partial charge in [0.2, 0.25) is 0 Å². The van der Waals surface area contributed by atoms with Crippen LogP contribution in [0.15, 0.2) is 12.1 Å². The summed E-state index contributed by atoms with van der Waals surface area (Å²) in [5.41, 5.74) is -0.165. The summed E-state index contributed by atoms with van der Waals surface area (Å²) in [6.07, 6.45) is -2.85. The molecule has 0 bridgehead atoms. The van der Waals surface area contributed by atoms with Crippen molar-refractivity contribution >= 4 is 0 Å². The van der Waals surface area contributed by atoms with E-state index in [0.29, 0.717) is 5.56 Å². The molecule has 0 aliphatic carbocycles. The summed E-state index contributed by atoms with van der Waals surface area (Å²) in [6, 6.07) is 2.42. The summed E-state index contributed by atoms with van der Waals surface area (Å²) >= 11 is 0. The van der Waals surface area contributed by atoms with Gasteiger partial charge in [-0.3, -0.25) is 0 Å². The highest BCUT2D eigenvalue weighted by atomic mass is 19.3. The molecule has 0 aliphatic heterocycles. The van der Waals surface area contributed by atoms with E-state index in [1.54, 1.807) is 6.92 Å². The zero-order valence-corrected chi connectivity index (χ0v) is 7.27. The fourth-order valence-electron chi connectivity index (χ4n) is 1.16. The lowest BCUT2D eigenvalue weighted by Gasteiger charge is -2.10. The Morgan fingerprint density at radius 3 is 2.31 bits per heavy atom. The molecule has 13 heavy (non-hydrogen) atoms. The van der Waals surface area contributed by atoms with Crippen molar-refractivity contribution in [3.8, 4) is 5.75 Å². The van der Waals surface area contributed by atoms with Crippen molar-refractivity contribution in [3.05, 3.63) is 29.1 Å². The Morgan fingerprint density at radius 1 is 1.31 bits per heavy atom. The minimum Gasteiger partial charge on any atom is -0.496 e. The van der Waals surface area contributed by atoms with Gasteiger partial charge in [-0.15, -0.1) is 0 Å². The highest BCUT2D eigenvalue weighted by Gasteiger charge is 2.20. The molecule has 0 saturated heterocycles. The summed E-state index contributed by atoms with van der Waals surface area (Å²) in [6.45, 7) is 1.59. The number of rotatable bonds is 2. The quantitative estimate of drug-likeness (QED) is 0.696. The average Bonchev–Trinajstić information content (AvgIpc) is 2.07. The average molecular weight is 190 g/mol. The first-order valence-electron chi connectivity index (χ1n) is 3.69. The standard InChI is InChI=1S/C9H9F3O/c1-5-3-4-6(10)7(9(11)12)8(5)13-2/h3-4,9H,1-2H3. The molecule has 0 unspecified atom stereocenters. The molecular weight excluding hydrogens is 181 g/mol. The molecule has 0 aliphatic rings. The summed E-state index contributed by atoms with van der Waals surface area (Å²) in [5, 5.41) is 0. The van der Waals surface area contributed by atoms with Crippen LogP contribution in [-0.2, 0) is 0 Å². The summed E-state index contributed by atoms with van der Waals surface area (Å²) in [5.74, 6) is -1.01. The first-order valence-corrected chi connectivity index (χ1v) is 3.69. The lowest BCUT2D eigenvalue weighted by molar-refractivity contribution is 0.141. The monoisotopic (exact) mass is 190 g/mol. The maximum absolute atomic E-state index is 12.9. The van der Waals surface area contributed by atoms with Gasteiger partial charge in [0.1, 0.15) is 11.6 Å². The van der Waals surface area contributed by atoms with Gasteiger partial charge in [0.15, 0.2) is 0 Å². The molecule has 4 heteroatoms. The topological polar surface area (TPSA) is 9.23 Å². The normalized spacial score (nSPS) is 10.6. The van der Waals surface area contributed by atoms with Gasteiger partial charge in [-0.05, 0) is 18.6 Å². The molecule has 0 aromatic heterocycles. The molecule has 0 radical (unpaired) electrons. The maximum Gasteiger partial charge on any atom is 0.270 e. The molecule has 1 aromatic rings. The zero-order valence-electron chi connectivity index (χ0n) is 7.27. The second-order valence-electron chi connectivity index (χ2n) is 2.61.